The van der Waals surface area contributed by atoms with E-state index >= 15 is 0 Å². The quantitative estimate of drug-likeness (QED) is 0.589. The lowest BCUT2D eigenvalue weighted by Gasteiger charge is -1.98. The molecule has 0 saturated heterocycles. The van der Waals surface area contributed by atoms with E-state index < -0.39 is 0 Å². The van der Waals surface area contributed by atoms with Gasteiger partial charge in [0.25, 0.3) is 0 Å². The number of thiophene rings is 1. The molecule has 1 aromatic carbocycles. The molecule has 1 heterocycles. The average molecular weight is 245 g/mol. The molecule has 0 fully saturated rings. The van der Waals surface area contributed by atoms with Crippen molar-refractivity contribution in [2.24, 2.45) is 5.16 Å². The Balaban J connectivity index is 2.30. The smallest absolute Gasteiger partial charge is 0.106 e. The highest BCUT2D eigenvalue weighted by Gasteiger charge is 2.05. The Hall–Kier alpha value is -1.61. The molecule has 0 radical (unpaired) electrons. The molecule has 0 saturated carbocycles. The van der Waals surface area contributed by atoms with Crippen molar-refractivity contribution in [3.05, 3.63) is 46.8 Å². The topological polar surface area (TPSA) is 21.6 Å². The number of nitrogens with zero attached hydrogens (tertiary/aromatic N) is 1. The summed E-state index contributed by atoms with van der Waals surface area (Å²) >= 11 is 1.73. The van der Waals surface area contributed by atoms with Gasteiger partial charge in [-0.25, -0.2) is 0 Å². The fourth-order valence-electron chi connectivity index (χ4n) is 1.59. The first kappa shape index (κ1) is 11.9. The SMILES string of the molecule is CON=C(C)c1ccc(-c2ccc(C)cc2)s1. The Morgan fingerprint density at radius 1 is 1.12 bits per heavy atom. The summed E-state index contributed by atoms with van der Waals surface area (Å²) in [5, 5.41) is 3.94. The average Bonchev–Trinajstić information content (AvgIpc) is 2.80. The molecule has 0 aliphatic rings. The van der Waals surface area contributed by atoms with Crippen molar-refractivity contribution >= 4 is 17.0 Å². The maximum atomic E-state index is 4.78. The standard InChI is InChI=1S/C14H15NOS/c1-10-4-6-12(7-5-10)14-9-8-13(17-14)11(2)15-16-3/h4-9H,1-3H3. The van der Waals surface area contributed by atoms with Crippen molar-refractivity contribution in [2.75, 3.05) is 7.11 Å². The monoisotopic (exact) mass is 245 g/mol. The summed E-state index contributed by atoms with van der Waals surface area (Å²) in [5.74, 6) is 0. The van der Waals surface area contributed by atoms with Gasteiger partial charge in [0.15, 0.2) is 0 Å². The summed E-state index contributed by atoms with van der Waals surface area (Å²) in [5.41, 5.74) is 3.44. The number of hydrogen-bond acceptors (Lipinski definition) is 3. The van der Waals surface area contributed by atoms with E-state index in [9.17, 15) is 0 Å². The summed E-state index contributed by atoms with van der Waals surface area (Å²) in [6.45, 7) is 4.05. The summed E-state index contributed by atoms with van der Waals surface area (Å²) in [6, 6.07) is 12.8. The van der Waals surface area contributed by atoms with Gasteiger partial charge >= 0.3 is 0 Å². The van der Waals surface area contributed by atoms with E-state index in [4.69, 9.17) is 4.84 Å². The van der Waals surface area contributed by atoms with Crippen LogP contribution in [0.25, 0.3) is 10.4 Å². The molecule has 0 spiro atoms. The van der Waals surface area contributed by atoms with E-state index in [0.29, 0.717) is 0 Å². The Kier molecular flexibility index (Phi) is 3.59. The van der Waals surface area contributed by atoms with Crippen molar-refractivity contribution in [3.63, 3.8) is 0 Å². The number of aryl methyl sites for hydroxylation is 1. The Labute approximate surface area is 106 Å². The molecule has 0 N–H and O–H groups in total. The predicted octanol–water partition coefficient (Wildman–Crippen LogP) is 4.09. The van der Waals surface area contributed by atoms with Crippen LogP contribution in [-0.4, -0.2) is 12.8 Å². The lowest BCUT2D eigenvalue weighted by atomic mass is 10.1. The number of hydrogen-bond donors (Lipinski definition) is 0. The molecule has 0 atom stereocenters. The van der Waals surface area contributed by atoms with Crippen LogP contribution in [0.15, 0.2) is 41.6 Å². The molecule has 0 unspecified atom stereocenters. The van der Waals surface area contributed by atoms with E-state index in [0.717, 1.165) is 10.6 Å². The largest absolute Gasteiger partial charge is 0.399 e. The minimum absolute atomic E-state index is 0.913. The van der Waals surface area contributed by atoms with Crippen LogP contribution in [-0.2, 0) is 4.84 Å². The van der Waals surface area contributed by atoms with E-state index in [1.807, 2.05) is 6.92 Å². The van der Waals surface area contributed by atoms with Gasteiger partial charge in [0.2, 0.25) is 0 Å². The first-order valence-electron chi connectivity index (χ1n) is 5.45. The van der Waals surface area contributed by atoms with Crippen LogP contribution in [0.2, 0.25) is 0 Å². The van der Waals surface area contributed by atoms with E-state index in [-0.39, 0.29) is 0 Å². The van der Waals surface area contributed by atoms with Gasteiger partial charge in [0.05, 0.1) is 10.6 Å². The van der Waals surface area contributed by atoms with Gasteiger partial charge < -0.3 is 4.84 Å². The number of benzene rings is 1. The van der Waals surface area contributed by atoms with Gasteiger partial charge in [-0.15, -0.1) is 11.3 Å². The van der Waals surface area contributed by atoms with E-state index in [2.05, 4.69) is 48.5 Å². The molecule has 2 nitrogen and oxygen atoms in total. The van der Waals surface area contributed by atoms with Crippen LogP contribution in [0.4, 0.5) is 0 Å². The molecule has 0 aliphatic heterocycles. The zero-order chi connectivity index (χ0) is 12.3. The second kappa shape index (κ2) is 5.15. The second-order valence-electron chi connectivity index (χ2n) is 3.89. The molecule has 3 heteroatoms. The van der Waals surface area contributed by atoms with Crippen LogP contribution in [0.5, 0.6) is 0 Å². The van der Waals surface area contributed by atoms with Gasteiger partial charge in [0.1, 0.15) is 7.11 Å². The van der Waals surface area contributed by atoms with Crippen LogP contribution in [0, 0.1) is 6.92 Å². The van der Waals surface area contributed by atoms with Crippen molar-refractivity contribution in [2.45, 2.75) is 13.8 Å². The Bertz CT molecular complexity index is 525. The third-order valence-electron chi connectivity index (χ3n) is 2.53. The highest BCUT2D eigenvalue weighted by molar-refractivity contribution is 7.17. The maximum absolute atomic E-state index is 4.78. The molecule has 0 amide bonds. The fraction of sp³-hybridized carbons (Fsp3) is 0.214. The van der Waals surface area contributed by atoms with Crippen molar-refractivity contribution in [1.82, 2.24) is 0 Å². The lowest BCUT2D eigenvalue weighted by molar-refractivity contribution is 0.213. The minimum atomic E-state index is 0.913. The molecular formula is C14H15NOS. The highest BCUT2D eigenvalue weighted by Crippen LogP contribution is 2.28. The lowest BCUT2D eigenvalue weighted by Crippen LogP contribution is -1.89. The number of oxime groups is 1. The fourth-order valence-corrected chi connectivity index (χ4v) is 2.54. The third-order valence-corrected chi connectivity index (χ3v) is 3.77. The highest BCUT2D eigenvalue weighted by atomic mass is 32.1. The maximum Gasteiger partial charge on any atom is 0.106 e. The summed E-state index contributed by atoms with van der Waals surface area (Å²) in [7, 11) is 1.57. The Morgan fingerprint density at radius 3 is 2.47 bits per heavy atom. The first-order valence-corrected chi connectivity index (χ1v) is 6.27. The summed E-state index contributed by atoms with van der Waals surface area (Å²) in [4.78, 5) is 7.18. The summed E-state index contributed by atoms with van der Waals surface area (Å²) < 4.78 is 0. The molecule has 17 heavy (non-hydrogen) atoms. The predicted molar refractivity (Wildman–Crippen MR) is 73.7 cm³/mol. The van der Waals surface area contributed by atoms with Gasteiger partial charge in [-0.2, -0.15) is 0 Å². The van der Waals surface area contributed by atoms with Crippen molar-refractivity contribution in [1.29, 1.82) is 0 Å². The van der Waals surface area contributed by atoms with Crippen molar-refractivity contribution < 1.29 is 4.84 Å². The van der Waals surface area contributed by atoms with Crippen LogP contribution < -0.4 is 0 Å². The van der Waals surface area contributed by atoms with Crippen molar-refractivity contribution in [3.8, 4) is 10.4 Å². The zero-order valence-corrected chi connectivity index (χ0v) is 11.0. The van der Waals surface area contributed by atoms with E-state index in [1.54, 1.807) is 18.4 Å². The van der Waals surface area contributed by atoms with Gasteiger partial charge in [-0.3, -0.25) is 0 Å². The molecule has 88 valence electrons. The van der Waals surface area contributed by atoms with Crippen LogP contribution in [0.1, 0.15) is 17.4 Å². The molecule has 0 bridgehead atoms. The van der Waals surface area contributed by atoms with Crippen LogP contribution >= 0.6 is 11.3 Å². The second-order valence-corrected chi connectivity index (χ2v) is 4.97. The zero-order valence-electron chi connectivity index (χ0n) is 10.2. The summed E-state index contributed by atoms with van der Waals surface area (Å²) in [6.07, 6.45) is 0. The van der Waals surface area contributed by atoms with Gasteiger partial charge in [0, 0.05) is 4.88 Å². The molecular weight excluding hydrogens is 230 g/mol. The van der Waals surface area contributed by atoms with Gasteiger partial charge in [-0.1, -0.05) is 35.0 Å². The molecule has 1 aromatic heterocycles. The minimum Gasteiger partial charge on any atom is -0.399 e. The molecule has 2 aromatic rings. The molecule has 2 rings (SSSR count). The third kappa shape index (κ3) is 2.74. The first-order chi connectivity index (χ1) is 8.20. The Morgan fingerprint density at radius 2 is 1.82 bits per heavy atom. The number of rotatable bonds is 3. The van der Waals surface area contributed by atoms with E-state index in [1.165, 1.54) is 16.0 Å². The normalized spacial score (nSPS) is 11.6. The van der Waals surface area contributed by atoms with Gasteiger partial charge in [-0.05, 0) is 31.5 Å². The molecule has 0 aliphatic carbocycles. The van der Waals surface area contributed by atoms with Crippen LogP contribution in [0.3, 0.4) is 0 Å².